The molecule has 0 heterocycles. The molecule has 0 aromatic heterocycles. The van der Waals surface area contributed by atoms with Crippen molar-refractivity contribution in [2.75, 3.05) is 6.61 Å². The first-order chi connectivity index (χ1) is 5.74. The van der Waals surface area contributed by atoms with Gasteiger partial charge in [0.05, 0.1) is 6.61 Å². The smallest absolute Gasteiger partial charge is 0.132 e. The van der Waals surface area contributed by atoms with Crippen molar-refractivity contribution in [1.29, 1.82) is 0 Å². The zero-order valence-corrected chi connectivity index (χ0v) is 8.27. The van der Waals surface area contributed by atoms with Crippen LogP contribution >= 0.6 is 23.2 Å². The van der Waals surface area contributed by atoms with Crippen molar-refractivity contribution in [3.63, 3.8) is 0 Å². The van der Waals surface area contributed by atoms with Crippen molar-refractivity contribution < 1.29 is 4.74 Å². The highest BCUT2D eigenvalue weighted by Crippen LogP contribution is 2.25. The molecule has 0 radical (unpaired) electrons. The number of alkyl halides is 2. The Kier molecular flexibility index (Phi) is 3.70. The Labute approximate surface area is 82.2 Å². The summed E-state index contributed by atoms with van der Waals surface area (Å²) >= 11 is 11.3. The van der Waals surface area contributed by atoms with Crippen molar-refractivity contribution in [3.8, 4) is 5.75 Å². The Balaban J connectivity index is 2.71. The van der Waals surface area contributed by atoms with Crippen molar-refractivity contribution >= 4 is 23.2 Å². The van der Waals surface area contributed by atoms with Crippen LogP contribution in [0.1, 0.15) is 17.3 Å². The second-order valence-electron chi connectivity index (χ2n) is 2.30. The lowest BCUT2D eigenvalue weighted by Gasteiger charge is -2.04. The van der Waals surface area contributed by atoms with E-state index in [4.69, 9.17) is 27.9 Å². The molecule has 0 atom stereocenters. The third-order valence-corrected chi connectivity index (χ3v) is 1.95. The lowest BCUT2D eigenvalue weighted by atomic mass is 10.2. The Morgan fingerprint density at radius 2 is 1.83 bits per heavy atom. The van der Waals surface area contributed by atoms with E-state index in [-0.39, 0.29) is 0 Å². The van der Waals surface area contributed by atoms with Crippen LogP contribution in [-0.2, 0) is 0 Å². The van der Waals surface area contributed by atoms with Crippen molar-refractivity contribution in [1.82, 2.24) is 0 Å². The molecule has 1 rings (SSSR count). The molecule has 12 heavy (non-hydrogen) atoms. The van der Waals surface area contributed by atoms with E-state index < -0.39 is 4.84 Å². The van der Waals surface area contributed by atoms with Crippen LogP contribution in [0.5, 0.6) is 5.75 Å². The summed E-state index contributed by atoms with van der Waals surface area (Å²) in [5.41, 5.74) is 0.891. The van der Waals surface area contributed by atoms with Gasteiger partial charge in [-0.1, -0.05) is 12.1 Å². The first kappa shape index (κ1) is 9.69. The Morgan fingerprint density at radius 1 is 1.25 bits per heavy atom. The molecule has 0 bridgehead atoms. The third kappa shape index (κ3) is 2.58. The Morgan fingerprint density at radius 3 is 2.25 bits per heavy atom. The number of rotatable bonds is 3. The quantitative estimate of drug-likeness (QED) is 0.685. The maximum Gasteiger partial charge on any atom is 0.132 e. The molecular formula is C9H10Cl2O. The molecule has 0 unspecified atom stereocenters. The lowest BCUT2D eigenvalue weighted by molar-refractivity contribution is 0.340. The third-order valence-electron chi connectivity index (χ3n) is 1.44. The molecule has 3 heteroatoms. The summed E-state index contributed by atoms with van der Waals surface area (Å²) in [5, 5.41) is 0. The van der Waals surface area contributed by atoms with Crippen LogP contribution in [0.15, 0.2) is 24.3 Å². The summed E-state index contributed by atoms with van der Waals surface area (Å²) in [7, 11) is 0. The summed E-state index contributed by atoms with van der Waals surface area (Å²) in [6, 6.07) is 7.43. The fourth-order valence-electron chi connectivity index (χ4n) is 0.876. The van der Waals surface area contributed by atoms with E-state index in [0.29, 0.717) is 6.61 Å². The van der Waals surface area contributed by atoms with E-state index in [1.807, 2.05) is 31.2 Å². The van der Waals surface area contributed by atoms with E-state index in [1.165, 1.54) is 0 Å². The Bertz CT molecular complexity index is 231. The van der Waals surface area contributed by atoms with Gasteiger partial charge in [0, 0.05) is 0 Å². The van der Waals surface area contributed by atoms with Crippen LogP contribution in [0.25, 0.3) is 0 Å². The van der Waals surface area contributed by atoms with E-state index in [9.17, 15) is 0 Å². The summed E-state index contributed by atoms with van der Waals surface area (Å²) in [4.78, 5) is -0.458. The fraction of sp³-hybridized carbons (Fsp3) is 0.333. The first-order valence-electron chi connectivity index (χ1n) is 3.75. The largest absolute Gasteiger partial charge is 0.494 e. The van der Waals surface area contributed by atoms with Gasteiger partial charge in [-0.25, -0.2) is 0 Å². The van der Waals surface area contributed by atoms with E-state index in [2.05, 4.69) is 0 Å². The summed E-state index contributed by atoms with van der Waals surface area (Å²) < 4.78 is 5.25. The van der Waals surface area contributed by atoms with Gasteiger partial charge in [-0.2, -0.15) is 0 Å². The molecule has 0 fully saturated rings. The van der Waals surface area contributed by atoms with Gasteiger partial charge in [0.2, 0.25) is 0 Å². The molecule has 66 valence electrons. The van der Waals surface area contributed by atoms with E-state index in [1.54, 1.807) is 0 Å². The van der Waals surface area contributed by atoms with Crippen molar-refractivity contribution in [2.24, 2.45) is 0 Å². The minimum Gasteiger partial charge on any atom is -0.494 e. The molecule has 1 aromatic rings. The normalized spacial score (nSPS) is 10.3. The zero-order valence-electron chi connectivity index (χ0n) is 6.76. The van der Waals surface area contributed by atoms with Crippen LogP contribution in [0, 0.1) is 0 Å². The topological polar surface area (TPSA) is 9.23 Å². The van der Waals surface area contributed by atoms with Gasteiger partial charge in [-0.05, 0) is 24.6 Å². The summed E-state index contributed by atoms with van der Waals surface area (Å²) in [6.45, 7) is 2.62. The predicted molar refractivity (Wildman–Crippen MR) is 52.1 cm³/mol. The molecule has 0 aliphatic carbocycles. The van der Waals surface area contributed by atoms with Gasteiger partial charge in [-0.15, -0.1) is 23.2 Å². The average Bonchev–Trinajstić information content (AvgIpc) is 2.06. The van der Waals surface area contributed by atoms with Crippen molar-refractivity contribution in [3.05, 3.63) is 29.8 Å². The van der Waals surface area contributed by atoms with Crippen LogP contribution < -0.4 is 4.74 Å². The number of hydrogen-bond donors (Lipinski definition) is 0. The highest BCUT2D eigenvalue weighted by molar-refractivity contribution is 6.44. The molecule has 0 saturated carbocycles. The van der Waals surface area contributed by atoms with E-state index in [0.717, 1.165) is 11.3 Å². The monoisotopic (exact) mass is 204 g/mol. The second kappa shape index (κ2) is 4.58. The predicted octanol–water partition coefficient (Wildman–Crippen LogP) is 3.56. The van der Waals surface area contributed by atoms with Crippen LogP contribution in [-0.4, -0.2) is 6.61 Å². The molecule has 0 spiro atoms. The maximum atomic E-state index is 5.66. The first-order valence-corrected chi connectivity index (χ1v) is 4.62. The van der Waals surface area contributed by atoms with Gasteiger partial charge in [-0.3, -0.25) is 0 Å². The number of halogens is 2. The standard InChI is InChI=1S/C9H10Cl2O/c1-2-12-8-5-3-7(4-6-8)9(10)11/h3-6,9H,2H2,1H3. The van der Waals surface area contributed by atoms with Gasteiger partial charge < -0.3 is 4.74 Å². The molecule has 1 nitrogen and oxygen atoms in total. The van der Waals surface area contributed by atoms with Gasteiger partial charge >= 0.3 is 0 Å². The van der Waals surface area contributed by atoms with Crippen molar-refractivity contribution in [2.45, 2.75) is 11.8 Å². The Hall–Kier alpha value is -0.400. The number of hydrogen-bond acceptors (Lipinski definition) is 1. The van der Waals surface area contributed by atoms with Gasteiger partial charge in [0.25, 0.3) is 0 Å². The molecule has 0 aliphatic heterocycles. The summed E-state index contributed by atoms with van der Waals surface area (Å²) in [5.74, 6) is 0.843. The summed E-state index contributed by atoms with van der Waals surface area (Å²) in [6.07, 6.45) is 0. The average molecular weight is 205 g/mol. The molecule has 0 N–H and O–H groups in total. The van der Waals surface area contributed by atoms with Crippen LogP contribution in [0.2, 0.25) is 0 Å². The molecule has 0 amide bonds. The van der Waals surface area contributed by atoms with Gasteiger partial charge in [0.1, 0.15) is 10.6 Å². The number of ether oxygens (including phenoxy) is 1. The highest BCUT2D eigenvalue weighted by Gasteiger charge is 2.01. The SMILES string of the molecule is CCOc1ccc(C(Cl)Cl)cc1. The zero-order chi connectivity index (χ0) is 8.97. The van der Waals surface area contributed by atoms with Crippen LogP contribution in [0.3, 0.4) is 0 Å². The van der Waals surface area contributed by atoms with E-state index >= 15 is 0 Å². The maximum absolute atomic E-state index is 5.66. The molecule has 0 aliphatic rings. The minimum atomic E-state index is -0.458. The second-order valence-corrected chi connectivity index (χ2v) is 3.40. The van der Waals surface area contributed by atoms with Crippen LogP contribution in [0.4, 0.5) is 0 Å². The highest BCUT2D eigenvalue weighted by atomic mass is 35.5. The fourth-order valence-corrected chi connectivity index (χ4v) is 1.17. The molecule has 0 saturated heterocycles. The molecule has 1 aromatic carbocycles. The molecular weight excluding hydrogens is 195 g/mol. The minimum absolute atomic E-state index is 0.458. The lowest BCUT2D eigenvalue weighted by Crippen LogP contribution is -1.91. The van der Waals surface area contributed by atoms with Gasteiger partial charge in [0.15, 0.2) is 0 Å². The number of benzene rings is 1.